The van der Waals surface area contributed by atoms with E-state index in [1.54, 1.807) is 25.1 Å². The molecular weight excluding hydrogens is 406 g/mol. The van der Waals surface area contributed by atoms with Gasteiger partial charge < -0.3 is 5.11 Å². The molecule has 3 rings (SSSR count). The first-order valence-electron chi connectivity index (χ1n) is 7.97. The van der Waals surface area contributed by atoms with Crippen molar-refractivity contribution in [3.63, 3.8) is 0 Å². The summed E-state index contributed by atoms with van der Waals surface area (Å²) in [5, 5.41) is 9.72. The van der Waals surface area contributed by atoms with Gasteiger partial charge in [-0.25, -0.2) is 13.2 Å². The minimum atomic E-state index is -3.91. The second-order valence-corrected chi connectivity index (χ2v) is 8.63. The maximum absolute atomic E-state index is 12.8. The van der Waals surface area contributed by atoms with Gasteiger partial charge in [-0.05, 0) is 77.4 Å². The molecule has 5 nitrogen and oxygen atoms in total. The third-order valence-electron chi connectivity index (χ3n) is 4.42. The van der Waals surface area contributed by atoms with E-state index in [4.69, 9.17) is 0 Å². The van der Waals surface area contributed by atoms with E-state index >= 15 is 0 Å². The monoisotopic (exact) mass is 423 g/mol. The van der Waals surface area contributed by atoms with E-state index in [2.05, 4.69) is 20.7 Å². The average molecular weight is 424 g/mol. The Kier molecular flexibility index (Phi) is 4.88. The lowest BCUT2D eigenvalue weighted by atomic mass is 9.86. The highest BCUT2D eigenvalue weighted by Gasteiger charge is 2.27. The van der Waals surface area contributed by atoms with Crippen molar-refractivity contribution in [3.8, 4) is 0 Å². The molecule has 132 valence electrons. The zero-order chi connectivity index (χ0) is 18.2. The number of carboxylic acids is 1. The van der Waals surface area contributed by atoms with Crippen LogP contribution in [0.3, 0.4) is 0 Å². The Morgan fingerprint density at radius 2 is 1.88 bits per heavy atom. The van der Waals surface area contributed by atoms with Crippen LogP contribution in [0.25, 0.3) is 0 Å². The van der Waals surface area contributed by atoms with E-state index in [0.29, 0.717) is 16.5 Å². The molecule has 0 atom stereocenters. The summed E-state index contributed by atoms with van der Waals surface area (Å²) in [6.07, 6.45) is 3.41. The van der Waals surface area contributed by atoms with Crippen molar-refractivity contribution < 1.29 is 18.3 Å². The molecule has 0 saturated heterocycles. The molecule has 0 fully saturated rings. The van der Waals surface area contributed by atoms with Crippen LogP contribution in [0.5, 0.6) is 0 Å². The van der Waals surface area contributed by atoms with E-state index in [-0.39, 0.29) is 16.1 Å². The number of anilines is 1. The molecule has 0 bridgehead atoms. The highest BCUT2D eigenvalue weighted by atomic mass is 79.9. The van der Waals surface area contributed by atoms with Gasteiger partial charge in [-0.1, -0.05) is 18.2 Å². The van der Waals surface area contributed by atoms with Crippen molar-refractivity contribution in [1.82, 2.24) is 0 Å². The Hall–Kier alpha value is -1.86. The van der Waals surface area contributed by atoms with Crippen LogP contribution in [0.1, 0.15) is 39.9 Å². The third kappa shape index (κ3) is 3.43. The number of aryl methyl sites for hydroxylation is 2. The molecule has 1 aliphatic carbocycles. The predicted octanol–water partition coefficient (Wildman–Crippen LogP) is 4.14. The zero-order valence-corrected chi connectivity index (χ0v) is 16.1. The molecule has 0 heterocycles. The SMILES string of the molecule is Cc1cc2c(c(C(=O)O)c1NS(=O)(=O)c1ccccc1Br)CCCC2. The van der Waals surface area contributed by atoms with Gasteiger partial charge in [0, 0.05) is 4.47 Å². The van der Waals surface area contributed by atoms with Gasteiger partial charge in [0.2, 0.25) is 0 Å². The lowest BCUT2D eigenvalue weighted by Gasteiger charge is -2.23. The normalized spacial score (nSPS) is 14.0. The van der Waals surface area contributed by atoms with Gasteiger partial charge in [0.1, 0.15) is 4.90 Å². The maximum atomic E-state index is 12.8. The standard InChI is InChI=1S/C18H18BrNO4S/c1-11-10-12-6-2-3-7-13(12)16(18(21)22)17(11)20-25(23,24)15-9-5-4-8-14(15)19/h4-5,8-10,20H,2-3,6-7H2,1H3,(H,21,22). The lowest BCUT2D eigenvalue weighted by Crippen LogP contribution is -2.20. The summed E-state index contributed by atoms with van der Waals surface area (Å²) in [5.41, 5.74) is 2.60. The van der Waals surface area contributed by atoms with Crippen molar-refractivity contribution in [2.24, 2.45) is 0 Å². The molecule has 7 heteroatoms. The fourth-order valence-electron chi connectivity index (χ4n) is 3.27. The molecule has 1 aliphatic rings. The number of sulfonamides is 1. The number of carboxylic acid groups (broad SMARTS) is 1. The molecule has 0 radical (unpaired) electrons. The number of benzene rings is 2. The Bertz CT molecular complexity index is 954. The maximum Gasteiger partial charge on any atom is 0.338 e. The Morgan fingerprint density at radius 1 is 1.20 bits per heavy atom. The van der Waals surface area contributed by atoms with Gasteiger partial charge >= 0.3 is 5.97 Å². The van der Waals surface area contributed by atoms with Gasteiger partial charge in [0.05, 0.1) is 11.3 Å². The first-order chi connectivity index (χ1) is 11.8. The summed E-state index contributed by atoms with van der Waals surface area (Å²) < 4.78 is 28.5. The second-order valence-electron chi connectivity index (χ2n) is 6.13. The highest BCUT2D eigenvalue weighted by molar-refractivity contribution is 9.10. The van der Waals surface area contributed by atoms with E-state index in [1.165, 1.54) is 6.07 Å². The fourth-order valence-corrected chi connectivity index (χ4v) is 5.42. The zero-order valence-electron chi connectivity index (χ0n) is 13.7. The second kappa shape index (κ2) is 6.80. The number of hydrogen-bond donors (Lipinski definition) is 2. The van der Waals surface area contributed by atoms with Crippen molar-refractivity contribution in [2.45, 2.75) is 37.5 Å². The van der Waals surface area contributed by atoms with Crippen molar-refractivity contribution >= 4 is 37.6 Å². The van der Waals surface area contributed by atoms with Gasteiger partial charge in [0.25, 0.3) is 10.0 Å². The van der Waals surface area contributed by atoms with Crippen LogP contribution in [-0.2, 0) is 22.9 Å². The number of aromatic carboxylic acids is 1. The van der Waals surface area contributed by atoms with Gasteiger partial charge in [-0.3, -0.25) is 4.72 Å². The molecular formula is C18H18BrNO4S. The minimum absolute atomic E-state index is 0.0726. The predicted molar refractivity (Wildman–Crippen MR) is 99.7 cm³/mol. The molecule has 2 aromatic rings. The van der Waals surface area contributed by atoms with Crippen LogP contribution in [-0.4, -0.2) is 19.5 Å². The first kappa shape index (κ1) is 17.9. The van der Waals surface area contributed by atoms with E-state index in [1.807, 2.05) is 6.07 Å². The molecule has 0 unspecified atom stereocenters. The summed E-state index contributed by atoms with van der Waals surface area (Å²) in [5.74, 6) is -1.10. The molecule has 0 amide bonds. The summed E-state index contributed by atoms with van der Waals surface area (Å²) in [6, 6.07) is 8.35. The number of hydrogen-bond acceptors (Lipinski definition) is 3. The molecule has 0 spiro atoms. The number of nitrogens with one attached hydrogen (secondary N) is 1. The van der Waals surface area contributed by atoms with Crippen LogP contribution in [0.4, 0.5) is 5.69 Å². The molecule has 0 saturated carbocycles. The third-order valence-corrected chi connectivity index (χ3v) is 6.79. The highest BCUT2D eigenvalue weighted by Crippen LogP contribution is 2.34. The van der Waals surface area contributed by atoms with Crippen molar-refractivity contribution in [1.29, 1.82) is 0 Å². The molecule has 25 heavy (non-hydrogen) atoms. The van der Waals surface area contributed by atoms with Gasteiger partial charge in [0.15, 0.2) is 0 Å². The van der Waals surface area contributed by atoms with Gasteiger partial charge in [-0.15, -0.1) is 0 Å². The molecule has 0 aliphatic heterocycles. The van der Waals surface area contributed by atoms with Crippen molar-refractivity contribution in [2.75, 3.05) is 4.72 Å². The van der Waals surface area contributed by atoms with Crippen LogP contribution < -0.4 is 4.72 Å². The summed E-state index contributed by atoms with van der Waals surface area (Å²) in [4.78, 5) is 12.0. The number of halogens is 1. The van der Waals surface area contributed by atoms with E-state index < -0.39 is 16.0 Å². The minimum Gasteiger partial charge on any atom is -0.478 e. The van der Waals surface area contributed by atoms with Crippen LogP contribution in [0.15, 0.2) is 39.7 Å². The number of rotatable bonds is 4. The Labute approximate surface area is 155 Å². The quantitative estimate of drug-likeness (QED) is 0.773. The summed E-state index contributed by atoms with van der Waals surface area (Å²) in [7, 11) is -3.91. The fraction of sp³-hybridized carbons (Fsp3) is 0.278. The lowest BCUT2D eigenvalue weighted by molar-refractivity contribution is 0.0696. The molecule has 2 N–H and O–H groups in total. The average Bonchev–Trinajstić information content (AvgIpc) is 2.55. The van der Waals surface area contributed by atoms with Crippen LogP contribution in [0.2, 0.25) is 0 Å². The van der Waals surface area contributed by atoms with Crippen LogP contribution >= 0.6 is 15.9 Å². The smallest absolute Gasteiger partial charge is 0.338 e. The van der Waals surface area contributed by atoms with E-state index in [0.717, 1.165) is 30.4 Å². The number of carbonyl (C=O) groups is 1. The first-order valence-corrected chi connectivity index (χ1v) is 10.2. The molecule has 0 aromatic heterocycles. The summed E-state index contributed by atoms with van der Waals surface area (Å²) in [6.45, 7) is 1.74. The van der Waals surface area contributed by atoms with Crippen molar-refractivity contribution in [3.05, 3.63) is 57.1 Å². The van der Waals surface area contributed by atoms with Crippen LogP contribution in [0, 0.1) is 6.92 Å². The van der Waals surface area contributed by atoms with Gasteiger partial charge in [-0.2, -0.15) is 0 Å². The molecule has 2 aromatic carbocycles. The largest absolute Gasteiger partial charge is 0.478 e. The summed E-state index contributed by atoms with van der Waals surface area (Å²) >= 11 is 3.24. The topological polar surface area (TPSA) is 83.5 Å². The Balaban J connectivity index is 2.15. The number of fused-ring (bicyclic) bond motifs is 1. The Morgan fingerprint density at radius 3 is 2.56 bits per heavy atom. The van der Waals surface area contributed by atoms with E-state index in [9.17, 15) is 18.3 Å².